The van der Waals surface area contributed by atoms with Crippen molar-refractivity contribution in [2.24, 2.45) is 5.92 Å². The lowest BCUT2D eigenvalue weighted by atomic mass is 9.89. The van der Waals surface area contributed by atoms with Crippen molar-refractivity contribution < 1.29 is 4.79 Å². The van der Waals surface area contributed by atoms with Gasteiger partial charge in [0.25, 0.3) is 0 Å². The molecule has 0 saturated heterocycles. The van der Waals surface area contributed by atoms with Crippen LogP contribution >= 0.6 is 0 Å². The highest BCUT2D eigenvalue weighted by molar-refractivity contribution is 5.79. The van der Waals surface area contributed by atoms with Gasteiger partial charge >= 0.3 is 0 Å². The number of amides is 1. The van der Waals surface area contributed by atoms with Gasteiger partial charge in [-0.25, -0.2) is 4.98 Å². The van der Waals surface area contributed by atoms with Gasteiger partial charge in [-0.2, -0.15) is 0 Å². The van der Waals surface area contributed by atoms with Crippen LogP contribution in [-0.2, 0) is 17.6 Å². The zero-order valence-corrected chi connectivity index (χ0v) is 12.8. The predicted octanol–water partition coefficient (Wildman–Crippen LogP) is 1.28. The standard InChI is InChI=1S/C15H26N4O/c1-4-19(5-2)9-8-16-15(20)12-6-7-13-14(10-12)18-11(3)17-13/h12H,4-10H2,1-3H3,(H,16,20)(H,17,18). The lowest BCUT2D eigenvalue weighted by Gasteiger charge is -2.22. The summed E-state index contributed by atoms with van der Waals surface area (Å²) in [6.07, 6.45) is 2.62. The smallest absolute Gasteiger partial charge is 0.223 e. The number of hydrogen-bond donors (Lipinski definition) is 2. The second-order valence-electron chi connectivity index (χ2n) is 5.51. The largest absolute Gasteiger partial charge is 0.355 e. The molecule has 2 rings (SSSR count). The van der Waals surface area contributed by atoms with Crippen molar-refractivity contribution in [1.82, 2.24) is 20.2 Å². The molecule has 1 aliphatic rings. The zero-order valence-electron chi connectivity index (χ0n) is 12.8. The number of fused-ring (bicyclic) bond motifs is 1. The Labute approximate surface area is 121 Å². The molecule has 0 aromatic carbocycles. The van der Waals surface area contributed by atoms with Gasteiger partial charge in [0.15, 0.2) is 0 Å². The third-order valence-corrected chi connectivity index (χ3v) is 4.16. The summed E-state index contributed by atoms with van der Waals surface area (Å²) in [5, 5.41) is 3.07. The Morgan fingerprint density at radius 3 is 2.90 bits per heavy atom. The minimum absolute atomic E-state index is 0.0963. The second kappa shape index (κ2) is 6.88. The fourth-order valence-electron chi connectivity index (χ4n) is 2.87. The first kappa shape index (κ1) is 15.0. The summed E-state index contributed by atoms with van der Waals surface area (Å²) < 4.78 is 0. The van der Waals surface area contributed by atoms with Crippen molar-refractivity contribution in [3.05, 3.63) is 17.2 Å². The summed E-state index contributed by atoms with van der Waals surface area (Å²) in [7, 11) is 0. The number of rotatable bonds is 6. The van der Waals surface area contributed by atoms with E-state index in [4.69, 9.17) is 0 Å². The summed E-state index contributed by atoms with van der Waals surface area (Å²) in [5.74, 6) is 1.24. The number of nitrogens with zero attached hydrogens (tertiary/aromatic N) is 2. The SMILES string of the molecule is CCN(CC)CCNC(=O)C1CCc2nc(C)[nH]c2C1. The van der Waals surface area contributed by atoms with Crippen molar-refractivity contribution >= 4 is 5.91 Å². The van der Waals surface area contributed by atoms with Crippen LogP contribution in [0.25, 0.3) is 0 Å². The van der Waals surface area contributed by atoms with E-state index in [1.807, 2.05) is 6.92 Å². The lowest BCUT2D eigenvalue weighted by Crippen LogP contribution is -2.39. The van der Waals surface area contributed by atoms with Crippen LogP contribution in [0.4, 0.5) is 0 Å². The van der Waals surface area contributed by atoms with Crippen LogP contribution in [0, 0.1) is 12.8 Å². The van der Waals surface area contributed by atoms with Crippen LogP contribution in [0.15, 0.2) is 0 Å². The molecule has 1 heterocycles. The van der Waals surface area contributed by atoms with Crippen LogP contribution in [0.5, 0.6) is 0 Å². The molecule has 0 saturated carbocycles. The summed E-state index contributed by atoms with van der Waals surface area (Å²) in [5.41, 5.74) is 2.30. The van der Waals surface area contributed by atoms with Crippen LogP contribution in [-0.4, -0.2) is 47.0 Å². The Hall–Kier alpha value is -1.36. The van der Waals surface area contributed by atoms with Crippen LogP contribution in [0.2, 0.25) is 0 Å². The number of carbonyl (C=O) groups is 1. The molecule has 0 radical (unpaired) electrons. The molecule has 5 heteroatoms. The van der Waals surface area contributed by atoms with E-state index in [0.29, 0.717) is 0 Å². The second-order valence-corrected chi connectivity index (χ2v) is 5.51. The van der Waals surface area contributed by atoms with Gasteiger partial charge in [-0.1, -0.05) is 13.8 Å². The fraction of sp³-hybridized carbons (Fsp3) is 0.733. The van der Waals surface area contributed by atoms with Crippen LogP contribution in [0.1, 0.15) is 37.5 Å². The lowest BCUT2D eigenvalue weighted by molar-refractivity contribution is -0.125. The fourth-order valence-corrected chi connectivity index (χ4v) is 2.87. The Morgan fingerprint density at radius 2 is 2.20 bits per heavy atom. The molecule has 0 fully saturated rings. The van der Waals surface area contributed by atoms with Crippen molar-refractivity contribution in [3.8, 4) is 0 Å². The number of aromatic amines is 1. The van der Waals surface area contributed by atoms with Crippen molar-refractivity contribution in [1.29, 1.82) is 0 Å². The van der Waals surface area contributed by atoms with Gasteiger partial charge < -0.3 is 15.2 Å². The molecule has 1 unspecified atom stereocenters. The molecule has 20 heavy (non-hydrogen) atoms. The number of imidazole rings is 1. The van der Waals surface area contributed by atoms with Gasteiger partial charge in [-0.05, 0) is 32.9 Å². The Kier molecular flexibility index (Phi) is 5.17. The van der Waals surface area contributed by atoms with Crippen molar-refractivity contribution in [2.45, 2.75) is 40.0 Å². The molecule has 1 aromatic rings. The number of H-pyrrole nitrogens is 1. The molecular weight excluding hydrogens is 252 g/mol. The average molecular weight is 278 g/mol. The molecular formula is C15H26N4O. The van der Waals surface area contributed by atoms with Crippen LogP contribution in [0.3, 0.4) is 0 Å². The maximum absolute atomic E-state index is 12.2. The molecule has 112 valence electrons. The molecule has 0 spiro atoms. The minimum atomic E-state index is 0.0963. The van der Waals surface area contributed by atoms with Crippen molar-refractivity contribution in [2.75, 3.05) is 26.2 Å². The molecule has 0 aliphatic heterocycles. The van der Waals surface area contributed by atoms with Crippen LogP contribution < -0.4 is 5.32 Å². The van der Waals surface area contributed by atoms with E-state index >= 15 is 0 Å². The third-order valence-electron chi connectivity index (χ3n) is 4.16. The highest BCUT2D eigenvalue weighted by atomic mass is 16.1. The number of carbonyl (C=O) groups excluding carboxylic acids is 1. The summed E-state index contributed by atoms with van der Waals surface area (Å²) in [6.45, 7) is 10.0. The third kappa shape index (κ3) is 3.60. The van der Waals surface area contributed by atoms with Gasteiger partial charge in [0.1, 0.15) is 5.82 Å². The zero-order chi connectivity index (χ0) is 14.5. The Balaban J connectivity index is 1.79. The van der Waals surface area contributed by atoms with E-state index in [2.05, 4.69) is 34.0 Å². The molecule has 1 aromatic heterocycles. The van der Waals surface area contributed by atoms with E-state index in [1.54, 1.807) is 0 Å². The van der Waals surface area contributed by atoms with Gasteiger partial charge in [-0.3, -0.25) is 4.79 Å². The molecule has 1 amide bonds. The summed E-state index contributed by atoms with van der Waals surface area (Å²) in [4.78, 5) is 22.3. The maximum atomic E-state index is 12.2. The highest BCUT2D eigenvalue weighted by Gasteiger charge is 2.26. The topological polar surface area (TPSA) is 61.0 Å². The van der Waals surface area contributed by atoms with Gasteiger partial charge in [-0.15, -0.1) is 0 Å². The normalized spacial score (nSPS) is 18.1. The first-order chi connectivity index (χ1) is 9.63. The van der Waals surface area contributed by atoms with E-state index in [1.165, 1.54) is 0 Å². The number of hydrogen-bond acceptors (Lipinski definition) is 3. The summed E-state index contributed by atoms with van der Waals surface area (Å²) >= 11 is 0. The minimum Gasteiger partial charge on any atom is -0.355 e. The Morgan fingerprint density at radius 1 is 1.45 bits per heavy atom. The average Bonchev–Trinajstić information content (AvgIpc) is 2.82. The Bertz CT molecular complexity index is 451. The van der Waals surface area contributed by atoms with Gasteiger partial charge in [0.2, 0.25) is 5.91 Å². The van der Waals surface area contributed by atoms with E-state index in [0.717, 1.165) is 62.7 Å². The molecule has 1 aliphatic carbocycles. The van der Waals surface area contributed by atoms with E-state index in [9.17, 15) is 4.79 Å². The van der Waals surface area contributed by atoms with Gasteiger partial charge in [0, 0.05) is 31.1 Å². The predicted molar refractivity (Wildman–Crippen MR) is 79.6 cm³/mol. The monoisotopic (exact) mass is 278 g/mol. The number of aromatic nitrogens is 2. The highest BCUT2D eigenvalue weighted by Crippen LogP contribution is 2.23. The summed E-state index contributed by atoms with van der Waals surface area (Å²) in [6, 6.07) is 0. The van der Waals surface area contributed by atoms with E-state index in [-0.39, 0.29) is 11.8 Å². The first-order valence-corrected chi connectivity index (χ1v) is 7.68. The van der Waals surface area contributed by atoms with Gasteiger partial charge in [0.05, 0.1) is 5.69 Å². The number of aryl methyl sites for hydroxylation is 2. The maximum Gasteiger partial charge on any atom is 0.223 e. The number of nitrogens with one attached hydrogen (secondary N) is 2. The van der Waals surface area contributed by atoms with E-state index < -0.39 is 0 Å². The molecule has 5 nitrogen and oxygen atoms in total. The van der Waals surface area contributed by atoms with Crippen molar-refractivity contribution in [3.63, 3.8) is 0 Å². The molecule has 2 N–H and O–H groups in total. The quantitative estimate of drug-likeness (QED) is 0.824. The number of likely N-dealkylation sites (N-methyl/N-ethyl adjacent to an activating group) is 1. The molecule has 1 atom stereocenters. The molecule has 0 bridgehead atoms. The first-order valence-electron chi connectivity index (χ1n) is 7.68.